The molecule has 33 heavy (non-hydrogen) atoms. The van der Waals surface area contributed by atoms with Gasteiger partial charge in [-0.05, 0) is 23.8 Å². The summed E-state index contributed by atoms with van der Waals surface area (Å²) in [6, 6.07) is 13.7. The SMILES string of the molecule is COC(=O)C(c1ccccc1Cl)N1CCN(C(=O)CCc2nc3ccccc3c(=O)[nH]2)CC1. The van der Waals surface area contributed by atoms with Crippen LogP contribution < -0.4 is 5.56 Å². The standard InChI is InChI=1S/C24H25ClN4O4/c1-33-24(32)22(16-6-2-4-8-18(16)25)29-14-12-28(13-15-29)21(30)11-10-20-26-19-9-5-3-7-17(19)23(31)27-20/h2-9,22H,10-15H2,1H3,(H,26,27,31). The molecule has 1 N–H and O–H groups in total. The molecule has 1 amide bonds. The van der Waals surface area contributed by atoms with Crippen LogP contribution in [0, 0.1) is 0 Å². The number of methoxy groups -OCH3 is 1. The van der Waals surface area contributed by atoms with Crippen LogP contribution >= 0.6 is 11.6 Å². The van der Waals surface area contributed by atoms with Gasteiger partial charge in [0.05, 0.1) is 18.0 Å². The zero-order valence-corrected chi connectivity index (χ0v) is 19.0. The van der Waals surface area contributed by atoms with Crippen LogP contribution in [0.3, 0.4) is 0 Å². The Bertz CT molecular complexity index is 1220. The first-order valence-electron chi connectivity index (χ1n) is 10.8. The fourth-order valence-electron chi connectivity index (χ4n) is 4.15. The number of hydrogen-bond acceptors (Lipinski definition) is 6. The first-order chi connectivity index (χ1) is 16.0. The Morgan fingerprint density at radius 2 is 1.79 bits per heavy atom. The Morgan fingerprint density at radius 1 is 1.09 bits per heavy atom. The summed E-state index contributed by atoms with van der Waals surface area (Å²) in [7, 11) is 1.36. The number of halogens is 1. The van der Waals surface area contributed by atoms with Crippen LogP contribution in [0.1, 0.15) is 23.9 Å². The number of hydrogen-bond donors (Lipinski definition) is 1. The Balaban J connectivity index is 1.38. The summed E-state index contributed by atoms with van der Waals surface area (Å²) < 4.78 is 5.02. The van der Waals surface area contributed by atoms with E-state index in [4.69, 9.17) is 16.3 Å². The van der Waals surface area contributed by atoms with E-state index in [0.29, 0.717) is 59.9 Å². The van der Waals surface area contributed by atoms with Crippen LogP contribution in [-0.2, 0) is 20.7 Å². The highest BCUT2D eigenvalue weighted by Crippen LogP contribution is 2.29. The average molecular weight is 469 g/mol. The minimum absolute atomic E-state index is 0.0159. The number of esters is 1. The summed E-state index contributed by atoms with van der Waals surface area (Å²) in [5.41, 5.74) is 1.10. The smallest absolute Gasteiger partial charge is 0.327 e. The number of piperazine rings is 1. The van der Waals surface area contributed by atoms with Gasteiger partial charge in [-0.1, -0.05) is 41.9 Å². The fourth-order valence-corrected chi connectivity index (χ4v) is 4.39. The third-order valence-electron chi connectivity index (χ3n) is 5.89. The van der Waals surface area contributed by atoms with E-state index in [9.17, 15) is 14.4 Å². The van der Waals surface area contributed by atoms with Crippen molar-refractivity contribution in [3.63, 3.8) is 0 Å². The lowest BCUT2D eigenvalue weighted by atomic mass is 10.0. The van der Waals surface area contributed by atoms with Crippen molar-refractivity contribution in [2.75, 3.05) is 33.3 Å². The number of benzene rings is 2. The van der Waals surface area contributed by atoms with E-state index in [1.807, 2.05) is 29.2 Å². The molecule has 0 bridgehead atoms. The molecule has 1 aromatic heterocycles. The zero-order chi connectivity index (χ0) is 23.4. The topological polar surface area (TPSA) is 95.6 Å². The number of aryl methyl sites for hydroxylation is 1. The van der Waals surface area contributed by atoms with E-state index in [-0.39, 0.29) is 23.9 Å². The van der Waals surface area contributed by atoms with E-state index in [1.54, 1.807) is 29.2 Å². The van der Waals surface area contributed by atoms with E-state index in [0.717, 1.165) is 0 Å². The van der Waals surface area contributed by atoms with Gasteiger partial charge >= 0.3 is 5.97 Å². The number of rotatable bonds is 6. The molecule has 0 saturated carbocycles. The minimum atomic E-state index is -0.618. The van der Waals surface area contributed by atoms with E-state index in [1.165, 1.54) is 7.11 Å². The number of carbonyl (C=O) groups is 2. The molecule has 0 spiro atoms. The second-order valence-corrected chi connectivity index (χ2v) is 8.30. The normalized spacial score (nSPS) is 15.4. The molecule has 8 nitrogen and oxygen atoms in total. The van der Waals surface area contributed by atoms with Crippen LogP contribution in [0.5, 0.6) is 0 Å². The first-order valence-corrected chi connectivity index (χ1v) is 11.2. The lowest BCUT2D eigenvalue weighted by Crippen LogP contribution is -2.51. The van der Waals surface area contributed by atoms with Crippen molar-refractivity contribution < 1.29 is 14.3 Å². The number of nitrogens with one attached hydrogen (secondary N) is 1. The predicted molar refractivity (Wildman–Crippen MR) is 125 cm³/mol. The van der Waals surface area contributed by atoms with Crippen molar-refractivity contribution in [3.05, 3.63) is 75.3 Å². The molecule has 9 heteroatoms. The number of aromatic nitrogens is 2. The molecule has 0 radical (unpaired) electrons. The van der Waals surface area contributed by atoms with E-state index < -0.39 is 6.04 Å². The number of amides is 1. The number of nitrogens with zero attached hydrogens (tertiary/aromatic N) is 3. The Hall–Kier alpha value is -3.23. The first kappa shape index (κ1) is 22.9. The lowest BCUT2D eigenvalue weighted by Gasteiger charge is -2.38. The summed E-state index contributed by atoms with van der Waals surface area (Å²) in [5.74, 6) is 0.0992. The highest BCUT2D eigenvalue weighted by molar-refractivity contribution is 6.31. The monoisotopic (exact) mass is 468 g/mol. The highest BCUT2D eigenvalue weighted by Gasteiger charge is 2.33. The van der Waals surface area contributed by atoms with Gasteiger partial charge in [-0.3, -0.25) is 14.5 Å². The zero-order valence-electron chi connectivity index (χ0n) is 18.3. The maximum absolute atomic E-state index is 12.8. The number of carbonyl (C=O) groups excluding carboxylic acids is 2. The van der Waals surface area contributed by atoms with Gasteiger partial charge in [-0.15, -0.1) is 0 Å². The van der Waals surface area contributed by atoms with Crippen LogP contribution in [-0.4, -0.2) is 64.9 Å². The maximum Gasteiger partial charge on any atom is 0.327 e. The van der Waals surface area contributed by atoms with Crippen molar-refractivity contribution in [2.24, 2.45) is 0 Å². The summed E-state index contributed by atoms with van der Waals surface area (Å²) in [4.78, 5) is 48.5. The van der Waals surface area contributed by atoms with Crippen molar-refractivity contribution in [2.45, 2.75) is 18.9 Å². The fraction of sp³-hybridized carbons (Fsp3) is 0.333. The molecule has 1 fully saturated rings. The molecule has 3 aromatic rings. The van der Waals surface area contributed by atoms with Crippen LogP contribution in [0.4, 0.5) is 0 Å². The van der Waals surface area contributed by atoms with Gasteiger partial charge in [0.2, 0.25) is 5.91 Å². The van der Waals surface area contributed by atoms with E-state index in [2.05, 4.69) is 9.97 Å². The lowest BCUT2D eigenvalue weighted by molar-refractivity contribution is -0.148. The molecule has 0 aliphatic carbocycles. The largest absolute Gasteiger partial charge is 0.468 e. The van der Waals surface area contributed by atoms with Crippen LogP contribution in [0.15, 0.2) is 53.3 Å². The van der Waals surface area contributed by atoms with Gasteiger partial charge in [-0.25, -0.2) is 9.78 Å². The van der Waals surface area contributed by atoms with Crippen molar-refractivity contribution in [1.82, 2.24) is 19.8 Å². The second-order valence-electron chi connectivity index (χ2n) is 7.89. The molecule has 172 valence electrons. The van der Waals surface area contributed by atoms with E-state index >= 15 is 0 Å². The molecule has 2 aromatic carbocycles. The molecule has 1 aliphatic heterocycles. The highest BCUT2D eigenvalue weighted by atomic mass is 35.5. The van der Waals surface area contributed by atoms with Gasteiger partial charge < -0.3 is 14.6 Å². The van der Waals surface area contributed by atoms with Gasteiger partial charge in [0.25, 0.3) is 5.56 Å². The van der Waals surface area contributed by atoms with Gasteiger partial charge in [0.1, 0.15) is 11.9 Å². The van der Waals surface area contributed by atoms with Crippen LogP contribution in [0.2, 0.25) is 5.02 Å². The number of H-pyrrole nitrogens is 1. The summed E-state index contributed by atoms with van der Waals surface area (Å²) in [5, 5.41) is 1.03. The molecule has 1 saturated heterocycles. The Kier molecular flexibility index (Phi) is 7.05. The molecule has 1 atom stereocenters. The van der Waals surface area contributed by atoms with Gasteiger partial charge in [0.15, 0.2) is 0 Å². The third kappa shape index (κ3) is 5.07. The van der Waals surface area contributed by atoms with Gasteiger partial charge in [-0.2, -0.15) is 0 Å². The summed E-state index contributed by atoms with van der Waals surface area (Å²) in [6.45, 7) is 2.00. The Morgan fingerprint density at radius 3 is 2.52 bits per heavy atom. The van der Waals surface area contributed by atoms with Crippen molar-refractivity contribution in [1.29, 1.82) is 0 Å². The summed E-state index contributed by atoms with van der Waals surface area (Å²) >= 11 is 6.34. The molecule has 1 unspecified atom stereocenters. The third-order valence-corrected chi connectivity index (χ3v) is 6.24. The van der Waals surface area contributed by atoms with Crippen LogP contribution in [0.25, 0.3) is 10.9 Å². The molecular weight excluding hydrogens is 444 g/mol. The minimum Gasteiger partial charge on any atom is -0.468 e. The molecule has 2 heterocycles. The number of aromatic amines is 1. The molecule has 4 rings (SSSR count). The van der Waals surface area contributed by atoms with Crippen molar-refractivity contribution >= 4 is 34.4 Å². The second kappa shape index (κ2) is 10.1. The van der Waals surface area contributed by atoms with Gasteiger partial charge in [0, 0.05) is 44.0 Å². The average Bonchev–Trinajstić information content (AvgIpc) is 2.84. The molecular formula is C24H25ClN4O4. The summed E-state index contributed by atoms with van der Waals surface area (Å²) in [6.07, 6.45) is 0.593. The number of ether oxygens (including phenoxy) is 1. The molecule has 1 aliphatic rings. The Labute approximate surface area is 196 Å². The van der Waals surface area contributed by atoms with Crippen molar-refractivity contribution in [3.8, 4) is 0 Å². The quantitative estimate of drug-likeness (QED) is 0.559. The maximum atomic E-state index is 12.8. The number of para-hydroxylation sites is 1. The number of fused-ring (bicyclic) bond motifs is 1. The predicted octanol–water partition coefficient (Wildman–Crippen LogP) is 2.57.